The zero-order chi connectivity index (χ0) is 19.8. The number of aliphatic imine (C=N–C) groups is 1. The van der Waals surface area contributed by atoms with E-state index in [2.05, 4.69) is 47.5 Å². The zero-order valence-corrected chi connectivity index (χ0v) is 19.1. The van der Waals surface area contributed by atoms with E-state index in [4.69, 9.17) is 10.7 Å². The number of carbonyl (C=O) groups excluding carboxylic acids is 1. The second-order valence-corrected chi connectivity index (χ2v) is 6.93. The maximum Gasteiger partial charge on any atom is 0.248 e. The van der Waals surface area contributed by atoms with Crippen molar-refractivity contribution in [2.75, 3.05) is 19.6 Å². The Morgan fingerprint density at radius 1 is 1.10 bits per heavy atom. The molecule has 2 aromatic carbocycles. The van der Waals surface area contributed by atoms with E-state index >= 15 is 0 Å². The largest absolute Gasteiger partial charge is 0.366 e. The number of halogens is 1. The van der Waals surface area contributed by atoms with Crippen molar-refractivity contribution < 1.29 is 4.79 Å². The average molecular weight is 504 g/mol. The molecule has 0 saturated carbocycles. The van der Waals surface area contributed by atoms with Gasteiger partial charge in [0.2, 0.25) is 5.91 Å². The number of benzene rings is 2. The molecule has 2 aromatic rings. The Morgan fingerprint density at radius 3 is 2.34 bits per heavy atom. The van der Waals surface area contributed by atoms with Crippen molar-refractivity contribution >= 4 is 41.9 Å². The number of hydrogen-bond donors (Lipinski definition) is 2. The highest BCUT2D eigenvalue weighted by Gasteiger charge is 2.17. The van der Waals surface area contributed by atoms with Gasteiger partial charge in [-0.15, -0.1) is 24.0 Å². The summed E-state index contributed by atoms with van der Waals surface area (Å²) in [5.74, 6) is 0.538. The van der Waals surface area contributed by atoms with Gasteiger partial charge in [-0.25, -0.2) is 4.99 Å². The summed E-state index contributed by atoms with van der Waals surface area (Å²) in [6.07, 6.45) is 4.40. The molecule has 6 heteroatoms. The van der Waals surface area contributed by atoms with Crippen LogP contribution in [0.2, 0.25) is 0 Å². The van der Waals surface area contributed by atoms with E-state index in [-0.39, 0.29) is 24.0 Å². The van der Waals surface area contributed by atoms with Gasteiger partial charge in [0.25, 0.3) is 0 Å². The number of nitrogens with zero attached hydrogens (tertiary/aromatic N) is 2. The van der Waals surface area contributed by atoms with Gasteiger partial charge in [0.05, 0.1) is 6.54 Å². The number of carbonyl (C=O) groups is 1. The van der Waals surface area contributed by atoms with Crippen LogP contribution in [0.25, 0.3) is 6.08 Å². The summed E-state index contributed by atoms with van der Waals surface area (Å²) in [7, 11) is 0. The second-order valence-electron chi connectivity index (χ2n) is 6.93. The molecule has 29 heavy (non-hydrogen) atoms. The maximum atomic E-state index is 11.2. The van der Waals surface area contributed by atoms with E-state index in [1.54, 1.807) is 12.1 Å². The van der Waals surface area contributed by atoms with Gasteiger partial charge >= 0.3 is 0 Å². The van der Waals surface area contributed by atoms with Crippen molar-refractivity contribution in [1.29, 1.82) is 0 Å². The molecule has 3 rings (SSSR count). The SMILES string of the molecule is CCNC(=NCc1ccc(C(N)=O)cc1)N1CCC(=Cc2ccccc2)CC1.I. The fourth-order valence-corrected chi connectivity index (χ4v) is 3.30. The van der Waals surface area contributed by atoms with Crippen LogP contribution < -0.4 is 11.1 Å². The Kier molecular flexibility index (Phi) is 9.18. The number of hydrogen-bond acceptors (Lipinski definition) is 2. The number of nitrogens with two attached hydrogens (primary N) is 1. The molecule has 0 aliphatic carbocycles. The predicted octanol–water partition coefficient (Wildman–Crippen LogP) is 4.05. The van der Waals surface area contributed by atoms with Crippen molar-refractivity contribution in [2.45, 2.75) is 26.3 Å². The predicted molar refractivity (Wildman–Crippen MR) is 130 cm³/mol. The minimum atomic E-state index is -0.406. The fraction of sp³-hybridized carbons (Fsp3) is 0.304. The van der Waals surface area contributed by atoms with Gasteiger partial charge in [-0.1, -0.05) is 54.1 Å². The maximum absolute atomic E-state index is 11.2. The van der Waals surface area contributed by atoms with E-state index in [9.17, 15) is 4.79 Å². The molecular formula is C23H29IN4O. The van der Waals surface area contributed by atoms with Crippen molar-refractivity contribution in [3.63, 3.8) is 0 Å². The van der Waals surface area contributed by atoms with Crippen LogP contribution >= 0.6 is 24.0 Å². The highest BCUT2D eigenvalue weighted by molar-refractivity contribution is 14.0. The topological polar surface area (TPSA) is 70.7 Å². The third kappa shape index (κ3) is 6.88. The lowest BCUT2D eigenvalue weighted by Crippen LogP contribution is -2.44. The van der Waals surface area contributed by atoms with E-state index in [1.807, 2.05) is 18.2 Å². The number of primary amides is 1. The Bertz CT molecular complexity index is 837. The third-order valence-electron chi connectivity index (χ3n) is 4.86. The first-order valence-electron chi connectivity index (χ1n) is 9.82. The quantitative estimate of drug-likeness (QED) is 0.367. The third-order valence-corrected chi connectivity index (χ3v) is 4.86. The molecule has 0 radical (unpaired) electrons. The lowest BCUT2D eigenvalue weighted by atomic mass is 10.0. The van der Waals surface area contributed by atoms with Crippen molar-refractivity contribution in [3.8, 4) is 0 Å². The summed E-state index contributed by atoms with van der Waals surface area (Å²) in [5, 5.41) is 3.40. The molecule has 0 atom stereocenters. The van der Waals surface area contributed by atoms with Crippen molar-refractivity contribution in [1.82, 2.24) is 10.2 Å². The summed E-state index contributed by atoms with van der Waals surface area (Å²) < 4.78 is 0. The Balaban J connectivity index is 0.00000300. The molecular weight excluding hydrogens is 475 g/mol. The molecule has 1 aliphatic heterocycles. The molecule has 1 fully saturated rings. The molecule has 1 heterocycles. The molecule has 0 aromatic heterocycles. The second kappa shape index (κ2) is 11.6. The van der Waals surface area contributed by atoms with E-state index in [0.29, 0.717) is 12.1 Å². The summed E-state index contributed by atoms with van der Waals surface area (Å²) >= 11 is 0. The number of rotatable bonds is 5. The Hall–Kier alpha value is -2.35. The number of nitrogens with one attached hydrogen (secondary N) is 1. The molecule has 0 unspecified atom stereocenters. The van der Waals surface area contributed by atoms with Crippen molar-refractivity contribution in [3.05, 3.63) is 76.9 Å². The summed E-state index contributed by atoms with van der Waals surface area (Å²) in [6, 6.07) is 17.8. The smallest absolute Gasteiger partial charge is 0.248 e. The molecule has 1 saturated heterocycles. The minimum Gasteiger partial charge on any atom is -0.366 e. The number of amides is 1. The zero-order valence-electron chi connectivity index (χ0n) is 16.8. The Morgan fingerprint density at radius 2 is 1.76 bits per heavy atom. The van der Waals surface area contributed by atoms with Crippen LogP contribution in [0.4, 0.5) is 0 Å². The highest BCUT2D eigenvalue weighted by atomic mass is 127. The normalized spacial score (nSPS) is 14.2. The van der Waals surface area contributed by atoms with Crippen LogP contribution in [-0.2, 0) is 6.54 Å². The van der Waals surface area contributed by atoms with Gasteiger partial charge in [-0.2, -0.15) is 0 Å². The average Bonchev–Trinajstić information content (AvgIpc) is 2.73. The lowest BCUT2D eigenvalue weighted by molar-refractivity contribution is 0.100. The van der Waals surface area contributed by atoms with E-state index < -0.39 is 5.91 Å². The van der Waals surface area contributed by atoms with Gasteiger partial charge in [0, 0.05) is 25.2 Å². The standard InChI is InChI=1S/C23H28N4O.HI/c1-2-25-23(26-17-20-8-10-21(11-9-20)22(24)28)27-14-12-19(13-15-27)16-18-6-4-3-5-7-18;/h3-11,16H,2,12-15,17H2,1H3,(H2,24,28)(H,25,26);1H. The van der Waals surface area contributed by atoms with Crippen LogP contribution in [0.3, 0.4) is 0 Å². The molecule has 0 spiro atoms. The van der Waals surface area contributed by atoms with E-state index in [0.717, 1.165) is 44.0 Å². The van der Waals surface area contributed by atoms with Crippen LogP contribution in [0.1, 0.15) is 41.3 Å². The number of guanidine groups is 1. The van der Waals surface area contributed by atoms with Gasteiger partial charge < -0.3 is 16.0 Å². The summed E-state index contributed by atoms with van der Waals surface area (Å²) in [6.45, 7) is 5.42. The van der Waals surface area contributed by atoms with Crippen molar-refractivity contribution in [2.24, 2.45) is 10.7 Å². The Labute approximate surface area is 190 Å². The van der Waals surface area contributed by atoms with Crippen LogP contribution in [0.15, 0.2) is 65.2 Å². The molecule has 0 bridgehead atoms. The molecule has 1 aliphatic rings. The van der Waals surface area contributed by atoms with Gasteiger partial charge in [0.1, 0.15) is 0 Å². The van der Waals surface area contributed by atoms with Gasteiger partial charge in [-0.05, 0) is 43.0 Å². The minimum absolute atomic E-state index is 0. The van der Waals surface area contributed by atoms with Gasteiger partial charge in [-0.3, -0.25) is 4.79 Å². The molecule has 154 valence electrons. The van der Waals surface area contributed by atoms with Crippen LogP contribution in [0, 0.1) is 0 Å². The number of piperidine rings is 1. The van der Waals surface area contributed by atoms with Crippen LogP contribution in [-0.4, -0.2) is 36.4 Å². The molecule has 3 N–H and O–H groups in total. The molecule has 1 amide bonds. The lowest BCUT2D eigenvalue weighted by Gasteiger charge is -2.31. The highest BCUT2D eigenvalue weighted by Crippen LogP contribution is 2.19. The monoisotopic (exact) mass is 504 g/mol. The number of likely N-dealkylation sites (tertiary alicyclic amines) is 1. The van der Waals surface area contributed by atoms with E-state index in [1.165, 1.54) is 11.1 Å². The van der Waals surface area contributed by atoms with Crippen LogP contribution in [0.5, 0.6) is 0 Å². The summed E-state index contributed by atoms with van der Waals surface area (Å²) in [4.78, 5) is 18.3. The first-order chi connectivity index (χ1) is 13.7. The molecule has 5 nitrogen and oxygen atoms in total. The fourth-order valence-electron chi connectivity index (χ4n) is 3.30. The first kappa shape index (κ1) is 22.9. The van der Waals surface area contributed by atoms with Gasteiger partial charge in [0.15, 0.2) is 5.96 Å². The summed E-state index contributed by atoms with van der Waals surface area (Å²) in [5.41, 5.74) is 9.63. The first-order valence-corrected chi connectivity index (χ1v) is 9.82.